The van der Waals surface area contributed by atoms with E-state index in [1.807, 2.05) is 0 Å². The van der Waals surface area contributed by atoms with Gasteiger partial charge in [0.05, 0.1) is 4.88 Å². The van der Waals surface area contributed by atoms with Crippen molar-refractivity contribution < 1.29 is 13.9 Å². The minimum atomic E-state index is -2.47. The molecule has 56 valence electrons. The molecule has 1 heterocycles. The van der Waals surface area contributed by atoms with Crippen molar-refractivity contribution in [2.75, 3.05) is 0 Å². The first-order chi connectivity index (χ1) is 4.61. The van der Waals surface area contributed by atoms with E-state index in [-0.39, 0.29) is 10.6 Å². The van der Waals surface area contributed by atoms with Crippen LogP contribution in [0.25, 0.3) is 0 Å². The van der Waals surface area contributed by atoms with Gasteiger partial charge in [-0.1, -0.05) is 0 Å². The third-order valence-corrected chi connectivity index (χ3v) is 2.17. The molecule has 0 fully saturated rings. The average Bonchev–Trinajstić information content (AvgIpc) is 2.13. The molecule has 1 nitrogen and oxygen atoms in total. The Hall–Kier alpha value is -0.640. The van der Waals surface area contributed by atoms with Crippen LogP contribution in [0.5, 0.6) is 5.75 Å². The van der Waals surface area contributed by atoms with Crippen molar-refractivity contribution in [3.8, 4) is 5.75 Å². The van der Waals surface area contributed by atoms with Crippen molar-refractivity contribution in [3.63, 3.8) is 0 Å². The Kier molecular flexibility index (Phi) is 1.89. The summed E-state index contributed by atoms with van der Waals surface area (Å²) in [5, 5.41) is 8.87. The number of aromatic hydroxyl groups is 1. The van der Waals surface area contributed by atoms with Crippen LogP contribution in [0.15, 0.2) is 6.07 Å². The molecule has 0 aromatic carbocycles. The van der Waals surface area contributed by atoms with E-state index in [4.69, 9.17) is 5.11 Å². The molecule has 0 bridgehead atoms. The molecule has 4 heteroatoms. The second-order valence-corrected chi connectivity index (χ2v) is 3.18. The van der Waals surface area contributed by atoms with E-state index in [0.29, 0.717) is 4.88 Å². The largest absolute Gasteiger partial charge is 0.507 e. The molecule has 0 atom stereocenters. The van der Waals surface area contributed by atoms with Crippen LogP contribution in [0.4, 0.5) is 8.78 Å². The molecule has 0 radical (unpaired) electrons. The molecule has 0 saturated carbocycles. The molecule has 1 aromatic rings. The fourth-order valence-electron chi connectivity index (χ4n) is 0.602. The fourth-order valence-corrected chi connectivity index (χ4v) is 1.38. The normalized spacial score (nSPS) is 10.8. The number of rotatable bonds is 1. The molecule has 0 aliphatic rings. The lowest BCUT2D eigenvalue weighted by Gasteiger charge is -1.87. The molecule has 0 saturated heterocycles. The third-order valence-electron chi connectivity index (χ3n) is 1.13. The van der Waals surface area contributed by atoms with Gasteiger partial charge >= 0.3 is 0 Å². The highest BCUT2D eigenvalue weighted by molar-refractivity contribution is 7.12. The maximum atomic E-state index is 11.9. The number of thiophene rings is 1. The van der Waals surface area contributed by atoms with Crippen LogP contribution in [0.1, 0.15) is 16.2 Å². The number of aryl methyl sites for hydroxylation is 1. The Bertz CT molecular complexity index is 212. The van der Waals surface area contributed by atoms with Gasteiger partial charge in [0.25, 0.3) is 6.43 Å². The topological polar surface area (TPSA) is 20.2 Å². The van der Waals surface area contributed by atoms with Gasteiger partial charge in [-0.15, -0.1) is 11.3 Å². The molecular formula is C6H6F2OS. The summed E-state index contributed by atoms with van der Waals surface area (Å²) in [4.78, 5) is 0.463. The van der Waals surface area contributed by atoms with Crippen molar-refractivity contribution in [1.29, 1.82) is 0 Å². The zero-order valence-electron chi connectivity index (χ0n) is 5.27. The first-order valence-corrected chi connectivity index (χ1v) is 3.50. The summed E-state index contributed by atoms with van der Waals surface area (Å²) in [5.74, 6) is -0.0414. The predicted molar refractivity (Wildman–Crippen MR) is 35.7 cm³/mol. The smallest absolute Gasteiger partial charge is 0.272 e. The van der Waals surface area contributed by atoms with E-state index < -0.39 is 6.43 Å². The Morgan fingerprint density at radius 3 is 2.40 bits per heavy atom. The summed E-state index contributed by atoms with van der Waals surface area (Å²) in [6, 6.07) is 1.10. The number of hydrogen-bond donors (Lipinski definition) is 1. The summed E-state index contributed by atoms with van der Waals surface area (Å²) in [7, 11) is 0. The second kappa shape index (κ2) is 2.54. The zero-order chi connectivity index (χ0) is 7.72. The first-order valence-electron chi connectivity index (χ1n) is 2.68. The highest BCUT2D eigenvalue weighted by Gasteiger charge is 2.12. The van der Waals surface area contributed by atoms with Crippen LogP contribution >= 0.6 is 11.3 Å². The molecule has 1 rings (SSSR count). The van der Waals surface area contributed by atoms with E-state index in [0.717, 1.165) is 17.4 Å². The van der Waals surface area contributed by atoms with Gasteiger partial charge in [0.15, 0.2) is 0 Å². The van der Waals surface area contributed by atoms with Crippen LogP contribution < -0.4 is 0 Å². The Morgan fingerprint density at radius 2 is 2.20 bits per heavy atom. The van der Waals surface area contributed by atoms with Crippen LogP contribution in [0, 0.1) is 6.92 Å². The molecule has 0 spiro atoms. The van der Waals surface area contributed by atoms with Gasteiger partial charge in [-0.05, 0) is 13.0 Å². The van der Waals surface area contributed by atoms with Crippen LogP contribution in [0.3, 0.4) is 0 Å². The molecule has 1 N–H and O–H groups in total. The number of hydrogen-bond acceptors (Lipinski definition) is 2. The highest BCUT2D eigenvalue weighted by atomic mass is 32.1. The quantitative estimate of drug-likeness (QED) is 0.676. The molecule has 0 aliphatic carbocycles. The lowest BCUT2D eigenvalue weighted by molar-refractivity contribution is 0.155. The summed E-state index contributed by atoms with van der Waals surface area (Å²) < 4.78 is 23.7. The number of alkyl halides is 2. The lowest BCUT2D eigenvalue weighted by atomic mass is 10.4. The van der Waals surface area contributed by atoms with E-state index in [1.54, 1.807) is 6.92 Å². The SMILES string of the molecule is Cc1sc(C(F)F)cc1O. The first kappa shape index (κ1) is 7.47. The van der Waals surface area contributed by atoms with E-state index in [1.165, 1.54) is 0 Å². The Morgan fingerprint density at radius 1 is 1.60 bits per heavy atom. The van der Waals surface area contributed by atoms with Crippen molar-refractivity contribution in [1.82, 2.24) is 0 Å². The van der Waals surface area contributed by atoms with Crippen LogP contribution in [-0.4, -0.2) is 5.11 Å². The molecule has 10 heavy (non-hydrogen) atoms. The van der Waals surface area contributed by atoms with Gasteiger partial charge in [0.2, 0.25) is 0 Å². The van der Waals surface area contributed by atoms with Crippen molar-refractivity contribution >= 4 is 11.3 Å². The van der Waals surface area contributed by atoms with E-state index >= 15 is 0 Å². The standard InChI is InChI=1S/C6H6F2OS/c1-3-4(9)2-5(10-3)6(7)8/h2,6,9H,1H3. The molecular weight excluding hydrogens is 158 g/mol. The van der Waals surface area contributed by atoms with Gasteiger partial charge in [-0.3, -0.25) is 0 Å². The summed E-state index contributed by atoms with van der Waals surface area (Å²) in [6.07, 6.45) is -2.47. The lowest BCUT2D eigenvalue weighted by Crippen LogP contribution is -1.72. The highest BCUT2D eigenvalue weighted by Crippen LogP contribution is 2.33. The summed E-state index contributed by atoms with van der Waals surface area (Å²) in [6.45, 7) is 1.60. The summed E-state index contributed by atoms with van der Waals surface area (Å²) in [5.41, 5.74) is 0. The Balaban J connectivity index is 2.98. The molecule has 0 aliphatic heterocycles. The minimum absolute atomic E-state index is 0.0414. The molecule has 0 unspecified atom stereocenters. The van der Waals surface area contributed by atoms with Gasteiger partial charge < -0.3 is 5.11 Å². The average molecular weight is 164 g/mol. The van der Waals surface area contributed by atoms with Gasteiger partial charge in [-0.2, -0.15) is 0 Å². The minimum Gasteiger partial charge on any atom is -0.507 e. The monoisotopic (exact) mass is 164 g/mol. The van der Waals surface area contributed by atoms with E-state index in [9.17, 15) is 8.78 Å². The van der Waals surface area contributed by atoms with E-state index in [2.05, 4.69) is 0 Å². The number of halogens is 2. The van der Waals surface area contributed by atoms with Crippen molar-refractivity contribution in [3.05, 3.63) is 15.8 Å². The van der Waals surface area contributed by atoms with Crippen molar-refractivity contribution in [2.24, 2.45) is 0 Å². The maximum Gasteiger partial charge on any atom is 0.272 e. The zero-order valence-corrected chi connectivity index (χ0v) is 6.08. The predicted octanol–water partition coefficient (Wildman–Crippen LogP) is 2.70. The van der Waals surface area contributed by atoms with Gasteiger partial charge in [0, 0.05) is 4.88 Å². The fraction of sp³-hybridized carbons (Fsp3) is 0.333. The third kappa shape index (κ3) is 1.26. The van der Waals surface area contributed by atoms with Crippen LogP contribution in [0.2, 0.25) is 0 Å². The van der Waals surface area contributed by atoms with Crippen LogP contribution in [-0.2, 0) is 0 Å². The molecule has 0 amide bonds. The second-order valence-electron chi connectivity index (χ2n) is 1.89. The molecule has 1 aromatic heterocycles. The Labute approximate surface area is 60.9 Å². The van der Waals surface area contributed by atoms with Crippen molar-refractivity contribution in [2.45, 2.75) is 13.3 Å². The van der Waals surface area contributed by atoms with Gasteiger partial charge in [0.1, 0.15) is 5.75 Å². The maximum absolute atomic E-state index is 11.9. The summed E-state index contributed by atoms with van der Waals surface area (Å²) >= 11 is 0.922. The van der Waals surface area contributed by atoms with Gasteiger partial charge in [-0.25, -0.2) is 8.78 Å².